The smallest absolute Gasteiger partial charge is 0.169 e. The van der Waals surface area contributed by atoms with Crippen LogP contribution in [0.25, 0.3) is 0 Å². The molecule has 0 fully saturated rings. The molecule has 0 atom stereocenters. The fourth-order valence-corrected chi connectivity index (χ4v) is 2.44. The molecule has 0 aliphatic heterocycles. The maximum absolute atomic E-state index is 2.33. The molecule has 0 spiro atoms. The third-order valence-corrected chi connectivity index (χ3v) is 3.80. The van der Waals surface area contributed by atoms with Gasteiger partial charge < -0.3 is 4.70 Å². The molecule has 0 saturated heterocycles. The summed E-state index contributed by atoms with van der Waals surface area (Å²) in [6, 6.07) is 4.58. The first-order valence-corrected chi connectivity index (χ1v) is 8.34. The third kappa shape index (κ3) is 9.06. The quantitative estimate of drug-likeness (QED) is 0.432. The Morgan fingerprint density at radius 3 is 1.90 bits per heavy atom. The summed E-state index contributed by atoms with van der Waals surface area (Å²) in [7, 11) is 0. The van der Waals surface area contributed by atoms with E-state index in [-0.39, 0.29) is 4.70 Å². The van der Waals surface area contributed by atoms with Gasteiger partial charge in [0.25, 0.3) is 0 Å². The van der Waals surface area contributed by atoms with Crippen LogP contribution in [-0.2, 0) is 13.0 Å². The van der Waals surface area contributed by atoms with Gasteiger partial charge in [0.1, 0.15) is 6.54 Å². The van der Waals surface area contributed by atoms with Gasteiger partial charge in [-0.25, -0.2) is 4.57 Å². The number of rotatable bonds is 11. The van der Waals surface area contributed by atoms with Crippen molar-refractivity contribution in [3.8, 4) is 0 Å². The molecule has 0 saturated carbocycles. The lowest BCUT2D eigenvalue weighted by Crippen LogP contribution is -3.00. The number of unbranched alkanes of at least 4 members (excludes halogenated alkanes) is 7. The Labute approximate surface area is 124 Å². The van der Waals surface area contributed by atoms with Crippen LogP contribution in [0.1, 0.15) is 77.2 Å². The molecule has 0 unspecified atom stereocenters. The second-order valence-corrected chi connectivity index (χ2v) is 5.67. The molecule has 116 valence electrons. The number of nitrogens with zero attached hydrogens (tertiary/aromatic N) is 1. The van der Waals surface area contributed by atoms with Crippen molar-refractivity contribution < 1.29 is 9.27 Å². The first kappa shape index (κ1) is 19.1. The zero-order valence-electron chi connectivity index (χ0n) is 13.4. The molecule has 0 aliphatic rings. The van der Waals surface area contributed by atoms with Gasteiger partial charge in [-0.05, 0) is 24.8 Å². The fraction of sp³-hybridized carbons (Fsp3) is 0.722. The van der Waals surface area contributed by atoms with Crippen LogP contribution in [0.4, 0.5) is 0 Å². The maximum atomic E-state index is 2.33. The SMILES string of the molecule is CCCCCCCCC[n+]1ccc(CCCC)cc1.[F-]. The van der Waals surface area contributed by atoms with Crippen LogP contribution < -0.4 is 9.27 Å². The number of hydrogen-bond acceptors (Lipinski definition) is 0. The van der Waals surface area contributed by atoms with Crippen molar-refractivity contribution in [1.29, 1.82) is 0 Å². The first-order valence-electron chi connectivity index (χ1n) is 8.34. The Bertz CT molecular complexity index is 308. The van der Waals surface area contributed by atoms with E-state index in [1.54, 1.807) is 0 Å². The van der Waals surface area contributed by atoms with E-state index in [4.69, 9.17) is 0 Å². The average Bonchev–Trinajstić information content (AvgIpc) is 2.45. The number of hydrogen-bond donors (Lipinski definition) is 0. The lowest BCUT2D eigenvalue weighted by Gasteiger charge is -2.01. The second kappa shape index (κ2) is 13.1. The first-order chi connectivity index (χ1) is 9.36. The maximum Gasteiger partial charge on any atom is 0.169 e. The molecule has 20 heavy (non-hydrogen) atoms. The van der Waals surface area contributed by atoms with Crippen LogP contribution in [0.5, 0.6) is 0 Å². The Morgan fingerprint density at radius 2 is 1.30 bits per heavy atom. The fourth-order valence-electron chi connectivity index (χ4n) is 2.44. The lowest BCUT2D eigenvalue weighted by molar-refractivity contribution is -0.697. The summed E-state index contributed by atoms with van der Waals surface area (Å²) in [5.74, 6) is 0. The monoisotopic (exact) mass is 281 g/mol. The summed E-state index contributed by atoms with van der Waals surface area (Å²) in [4.78, 5) is 0. The van der Waals surface area contributed by atoms with Crippen LogP contribution in [0.15, 0.2) is 24.5 Å². The molecule has 1 rings (SSSR count). The van der Waals surface area contributed by atoms with Gasteiger partial charge in [-0.2, -0.15) is 0 Å². The molecule has 1 aromatic rings. The summed E-state index contributed by atoms with van der Waals surface area (Å²) >= 11 is 0. The summed E-state index contributed by atoms with van der Waals surface area (Å²) in [6.07, 6.45) is 18.1. The predicted octanol–water partition coefficient (Wildman–Crippen LogP) is 2.07. The highest BCUT2D eigenvalue weighted by molar-refractivity contribution is 5.06. The standard InChI is InChI=1S/C18H32N.FH/c1-3-5-7-8-9-10-11-15-19-16-13-18(14-17-19)12-6-4-2;/h13-14,16-17H,3-12,15H2,1-2H3;1H/q+1;/p-1. The highest BCUT2D eigenvalue weighted by Crippen LogP contribution is 2.07. The normalized spacial score (nSPS) is 10.3. The van der Waals surface area contributed by atoms with Crippen molar-refractivity contribution in [2.24, 2.45) is 0 Å². The van der Waals surface area contributed by atoms with Crippen LogP contribution in [0.2, 0.25) is 0 Å². The van der Waals surface area contributed by atoms with Gasteiger partial charge in [0.05, 0.1) is 0 Å². The van der Waals surface area contributed by atoms with Crippen LogP contribution in [0.3, 0.4) is 0 Å². The zero-order chi connectivity index (χ0) is 13.8. The van der Waals surface area contributed by atoms with E-state index in [1.165, 1.54) is 76.3 Å². The van der Waals surface area contributed by atoms with E-state index in [9.17, 15) is 0 Å². The highest BCUT2D eigenvalue weighted by Gasteiger charge is 2.00. The van der Waals surface area contributed by atoms with E-state index < -0.39 is 0 Å². The Kier molecular flexibility index (Phi) is 12.5. The van der Waals surface area contributed by atoms with Crippen molar-refractivity contribution in [2.45, 2.75) is 84.6 Å². The van der Waals surface area contributed by atoms with E-state index >= 15 is 0 Å². The molecule has 0 aromatic carbocycles. The summed E-state index contributed by atoms with van der Waals surface area (Å²) in [5.41, 5.74) is 1.48. The van der Waals surface area contributed by atoms with Gasteiger partial charge in [-0.1, -0.05) is 52.4 Å². The van der Waals surface area contributed by atoms with Gasteiger partial charge in [0, 0.05) is 18.6 Å². The van der Waals surface area contributed by atoms with E-state index in [0.29, 0.717) is 0 Å². The van der Waals surface area contributed by atoms with Gasteiger partial charge in [-0.3, -0.25) is 0 Å². The van der Waals surface area contributed by atoms with Crippen molar-refractivity contribution in [3.63, 3.8) is 0 Å². The van der Waals surface area contributed by atoms with Crippen molar-refractivity contribution >= 4 is 0 Å². The van der Waals surface area contributed by atoms with E-state index in [2.05, 4.69) is 42.9 Å². The molecular weight excluding hydrogens is 249 g/mol. The van der Waals surface area contributed by atoms with Crippen LogP contribution >= 0.6 is 0 Å². The lowest BCUT2D eigenvalue weighted by atomic mass is 10.1. The molecule has 0 bridgehead atoms. The average molecular weight is 281 g/mol. The van der Waals surface area contributed by atoms with Crippen LogP contribution in [0, 0.1) is 0 Å². The largest absolute Gasteiger partial charge is 1.00 e. The topological polar surface area (TPSA) is 3.88 Å². The number of aromatic nitrogens is 1. The van der Waals surface area contributed by atoms with Gasteiger partial charge >= 0.3 is 0 Å². The number of pyridine rings is 1. The Hall–Kier alpha value is -0.920. The molecule has 0 N–H and O–H groups in total. The molecule has 0 aliphatic carbocycles. The molecule has 0 amide bonds. The van der Waals surface area contributed by atoms with Crippen molar-refractivity contribution in [2.75, 3.05) is 0 Å². The number of aryl methyl sites for hydroxylation is 2. The molecule has 0 radical (unpaired) electrons. The molecule has 1 heterocycles. The van der Waals surface area contributed by atoms with Gasteiger partial charge in [0.2, 0.25) is 0 Å². The summed E-state index contributed by atoms with van der Waals surface area (Å²) in [5, 5.41) is 0. The molecule has 1 nitrogen and oxygen atoms in total. The Morgan fingerprint density at radius 1 is 0.750 bits per heavy atom. The van der Waals surface area contributed by atoms with Crippen molar-refractivity contribution in [3.05, 3.63) is 30.1 Å². The summed E-state index contributed by atoms with van der Waals surface area (Å²) in [6.45, 7) is 5.71. The third-order valence-electron chi connectivity index (χ3n) is 3.80. The summed E-state index contributed by atoms with van der Waals surface area (Å²) < 4.78 is 2.33. The van der Waals surface area contributed by atoms with Gasteiger partial charge in [-0.15, -0.1) is 0 Å². The minimum atomic E-state index is 0. The highest BCUT2D eigenvalue weighted by atomic mass is 19.0. The minimum absolute atomic E-state index is 0. The second-order valence-electron chi connectivity index (χ2n) is 5.67. The van der Waals surface area contributed by atoms with Gasteiger partial charge in [0.15, 0.2) is 12.4 Å². The molecule has 1 aromatic heterocycles. The van der Waals surface area contributed by atoms with Crippen LogP contribution in [-0.4, -0.2) is 0 Å². The predicted molar refractivity (Wildman–Crippen MR) is 83.2 cm³/mol. The minimum Gasteiger partial charge on any atom is -1.00 e. The van der Waals surface area contributed by atoms with Crippen molar-refractivity contribution in [1.82, 2.24) is 0 Å². The Balaban J connectivity index is 0.00000361. The number of halogens is 1. The molecule has 2 heteroatoms. The van der Waals surface area contributed by atoms with E-state index in [0.717, 1.165) is 0 Å². The zero-order valence-corrected chi connectivity index (χ0v) is 13.4. The van der Waals surface area contributed by atoms with E-state index in [1.807, 2.05) is 0 Å². The molecular formula is C18H32FN.